The number of aryl methyl sites for hydroxylation is 1. The number of piperazine rings is 1. The normalized spacial score (nSPS) is 17.8. The number of hydrogen-bond donors (Lipinski definition) is 1. The number of rotatable bonds is 4. The summed E-state index contributed by atoms with van der Waals surface area (Å²) < 4.78 is 23.0. The molecule has 3 rings (SSSR count). The van der Waals surface area contributed by atoms with Gasteiger partial charge in [0.1, 0.15) is 5.69 Å². The van der Waals surface area contributed by atoms with Crippen molar-refractivity contribution >= 4 is 27.1 Å². The Labute approximate surface area is 158 Å². The molecule has 2 N–H and O–H groups in total. The molecule has 144 valence electrons. The molecule has 1 aliphatic heterocycles. The Morgan fingerprint density at radius 1 is 1.19 bits per heavy atom. The van der Waals surface area contributed by atoms with Gasteiger partial charge in [-0.2, -0.15) is 0 Å². The number of benzene rings is 2. The topological polar surface area (TPSA) is 110 Å². The predicted molar refractivity (Wildman–Crippen MR) is 105 cm³/mol. The van der Waals surface area contributed by atoms with Crippen molar-refractivity contribution in [3.8, 4) is 0 Å². The highest BCUT2D eigenvalue weighted by Crippen LogP contribution is 2.33. The van der Waals surface area contributed by atoms with Gasteiger partial charge >= 0.3 is 0 Å². The number of nitrogens with zero attached hydrogens (tertiary/aromatic N) is 3. The van der Waals surface area contributed by atoms with Crippen LogP contribution in [0.3, 0.4) is 0 Å². The summed E-state index contributed by atoms with van der Waals surface area (Å²) in [5, 5.41) is 16.6. The Hall–Kier alpha value is -2.65. The van der Waals surface area contributed by atoms with E-state index in [2.05, 4.69) is 24.0 Å². The predicted octanol–water partition coefficient (Wildman–Crippen LogP) is 2.27. The Bertz CT molecular complexity index is 977. The monoisotopic (exact) mass is 390 g/mol. The van der Waals surface area contributed by atoms with Gasteiger partial charge in [-0.15, -0.1) is 0 Å². The number of anilines is 2. The van der Waals surface area contributed by atoms with Gasteiger partial charge in [0.25, 0.3) is 5.69 Å². The highest BCUT2D eigenvalue weighted by atomic mass is 32.2. The molecule has 1 fully saturated rings. The lowest BCUT2D eigenvalue weighted by molar-refractivity contribution is -0.384. The quantitative estimate of drug-likeness (QED) is 0.633. The Kier molecular flexibility index (Phi) is 5.07. The molecule has 2 aromatic rings. The van der Waals surface area contributed by atoms with Crippen molar-refractivity contribution in [2.45, 2.75) is 24.8 Å². The third-order valence-corrected chi connectivity index (χ3v) is 5.68. The van der Waals surface area contributed by atoms with E-state index in [4.69, 9.17) is 5.14 Å². The number of hydrogen-bond acceptors (Lipinski definition) is 6. The summed E-state index contributed by atoms with van der Waals surface area (Å²) in [4.78, 5) is 14.8. The first-order valence-corrected chi connectivity index (χ1v) is 10.1. The highest BCUT2D eigenvalue weighted by molar-refractivity contribution is 7.89. The molecule has 0 aliphatic carbocycles. The van der Waals surface area contributed by atoms with Crippen molar-refractivity contribution < 1.29 is 13.3 Å². The first kappa shape index (κ1) is 19.1. The Morgan fingerprint density at radius 2 is 1.93 bits per heavy atom. The van der Waals surface area contributed by atoms with Crippen molar-refractivity contribution in [1.82, 2.24) is 0 Å². The van der Waals surface area contributed by atoms with E-state index in [0.717, 1.165) is 11.8 Å². The molecular formula is C18H22N4O4S. The number of nitro benzene ring substituents is 1. The minimum Gasteiger partial charge on any atom is -0.365 e. The molecule has 0 spiro atoms. The minimum atomic E-state index is -4.00. The second-order valence-corrected chi connectivity index (χ2v) is 8.34. The summed E-state index contributed by atoms with van der Waals surface area (Å²) in [5.41, 5.74) is 2.46. The molecule has 1 aliphatic rings. The fourth-order valence-corrected chi connectivity index (χ4v) is 3.99. The molecule has 0 bridgehead atoms. The third-order valence-electron chi connectivity index (χ3n) is 4.77. The third kappa shape index (κ3) is 4.04. The van der Waals surface area contributed by atoms with Gasteiger partial charge in [0.05, 0.1) is 9.82 Å². The van der Waals surface area contributed by atoms with Gasteiger partial charge in [0, 0.05) is 37.4 Å². The molecular weight excluding hydrogens is 368 g/mol. The van der Waals surface area contributed by atoms with Gasteiger partial charge in [-0.25, -0.2) is 13.6 Å². The molecule has 0 saturated carbocycles. The van der Waals surface area contributed by atoms with Crippen LogP contribution >= 0.6 is 0 Å². The maximum absolute atomic E-state index is 11.5. The van der Waals surface area contributed by atoms with E-state index in [0.29, 0.717) is 25.3 Å². The zero-order valence-corrected chi connectivity index (χ0v) is 16.0. The average molecular weight is 390 g/mol. The molecule has 0 amide bonds. The number of sulfonamides is 1. The standard InChI is InChI=1S/C18H22N4O4S/c1-13-4-3-5-15(10-13)21-9-8-20(12-14(21)2)17-7-6-16(27(19,25)26)11-18(17)22(23)24/h3-7,10-11,14H,8-9,12H2,1-2H3,(H2,19,25,26)/t14-/m1/s1. The fourth-order valence-electron chi connectivity index (χ4n) is 3.46. The van der Waals surface area contributed by atoms with Crippen LogP contribution in [0.1, 0.15) is 12.5 Å². The summed E-state index contributed by atoms with van der Waals surface area (Å²) >= 11 is 0. The molecule has 27 heavy (non-hydrogen) atoms. The van der Waals surface area contributed by atoms with Crippen molar-refractivity contribution in [1.29, 1.82) is 0 Å². The fraction of sp³-hybridized carbons (Fsp3) is 0.333. The van der Waals surface area contributed by atoms with Crippen molar-refractivity contribution in [3.05, 3.63) is 58.1 Å². The van der Waals surface area contributed by atoms with Crippen LogP contribution in [0.4, 0.5) is 17.1 Å². The van der Waals surface area contributed by atoms with Crippen molar-refractivity contribution in [2.24, 2.45) is 5.14 Å². The van der Waals surface area contributed by atoms with Gasteiger partial charge < -0.3 is 9.80 Å². The summed E-state index contributed by atoms with van der Waals surface area (Å²) in [5.74, 6) is 0. The molecule has 1 atom stereocenters. The summed E-state index contributed by atoms with van der Waals surface area (Å²) in [6, 6.07) is 12.2. The molecule has 0 aromatic heterocycles. The number of primary sulfonamides is 1. The summed E-state index contributed by atoms with van der Waals surface area (Å²) in [6.07, 6.45) is 0. The highest BCUT2D eigenvalue weighted by Gasteiger charge is 2.29. The van der Waals surface area contributed by atoms with Crippen LogP contribution in [0.15, 0.2) is 47.4 Å². The van der Waals surface area contributed by atoms with E-state index in [1.54, 1.807) is 0 Å². The summed E-state index contributed by atoms with van der Waals surface area (Å²) in [7, 11) is -4.00. The largest absolute Gasteiger partial charge is 0.365 e. The molecule has 1 heterocycles. The molecule has 0 radical (unpaired) electrons. The van der Waals surface area contributed by atoms with E-state index < -0.39 is 14.9 Å². The lowest BCUT2D eigenvalue weighted by Gasteiger charge is -2.42. The van der Waals surface area contributed by atoms with Gasteiger partial charge in [-0.3, -0.25) is 10.1 Å². The number of nitro groups is 1. The Morgan fingerprint density at radius 3 is 2.52 bits per heavy atom. The zero-order valence-electron chi connectivity index (χ0n) is 15.2. The lowest BCUT2D eigenvalue weighted by atomic mass is 10.1. The molecule has 0 unspecified atom stereocenters. The van der Waals surface area contributed by atoms with E-state index >= 15 is 0 Å². The molecule has 8 nitrogen and oxygen atoms in total. The van der Waals surface area contributed by atoms with Crippen LogP contribution in [0.5, 0.6) is 0 Å². The maximum Gasteiger partial charge on any atom is 0.293 e. The maximum atomic E-state index is 11.5. The lowest BCUT2D eigenvalue weighted by Crippen LogP contribution is -2.52. The van der Waals surface area contributed by atoms with Crippen molar-refractivity contribution in [2.75, 3.05) is 29.4 Å². The van der Waals surface area contributed by atoms with E-state index in [1.165, 1.54) is 17.7 Å². The average Bonchev–Trinajstić information content (AvgIpc) is 2.60. The SMILES string of the molecule is Cc1cccc(N2CCN(c3ccc(S(N)(=O)=O)cc3[N+](=O)[O-])C[C@H]2C)c1. The van der Waals surface area contributed by atoms with E-state index in [-0.39, 0.29) is 16.6 Å². The van der Waals surface area contributed by atoms with Crippen LogP contribution in [-0.2, 0) is 10.0 Å². The van der Waals surface area contributed by atoms with E-state index in [9.17, 15) is 18.5 Å². The first-order chi connectivity index (χ1) is 12.7. The van der Waals surface area contributed by atoms with Crippen LogP contribution in [0.25, 0.3) is 0 Å². The molecule has 1 saturated heterocycles. The van der Waals surface area contributed by atoms with Crippen molar-refractivity contribution in [3.63, 3.8) is 0 Å². The minimum absolute atomic E-state index is 0.137. The van der Waals surface area contributed by atoms with Gasteiger partial charge in [-0.1, -0.05) is 12.1 Å². The number of nitrogens with two attached hydrogens (primary N) is 1. The van der Waals surface area contributed by atoms with Gasteiger partial charge in [0.15, 0.2) is 0 Å². The smallest absolute Gasteiger partial charge is 0.293 e. The Balaban J connectivity index is 1.88. The molecule has 2 aromatic carbocycles. The first-order valence-electron chi connectivity index (χ1n) is 8.56. The van der Waals surface area contributed by atoms with Crippen LogP contribution in [0, 0.1) is 17.0 Å². The second-order valence-electron chi connectivity index (χ2n) is 6.78. The van der Waals surface area contributed by atoms with E-state index in [1.807, 2.05) is 24.0 Å². The van der Waals surface area contributed by atoms with Gasteiger partial charge in [0.2, 0.25) is 10.0 Å². The molecule has 9 heteroatoms. The zero-order chi connectivity index (χ0) is 19.8. The summed E-state index contributed by atoms with van der Waals surface area (Å²) in [6.45, 7) is 6.00. The van der Waals surface area contributed by atoms with Gasteiger partial charge in [-0.05, 0) is 43.7 Å². The second kappa shape index (κ2) is 7.16. The van der Waals surface area contributed by atoms with Crippen LogP contribution in [-0.4, -0.2) is 39.0 Å². The van der Waals surface area contributed by atoms with Crippen LogP contribution < -0.4 is 14.9 Å². The van der Waals surface area contributed by atoms with Crippen LogP contribution in [0.2, 0.25) is 0 Å².